The molecule has 0 aliphatic rings. The molecule has 0 atom stereocenters. The first-order valence-electron chi connectivity index (χ1n) is 6.16. The summed E-state index contributed by atoms with van der Waals surface area (Å²) >= 11 is 5.77. The van der Waals surface area contributed by atoms with Crippen molar-refractivity contribution in [1.82, 2.24) is 9.71 Å². The lowest BCUT2D eigenvalue weighted by Gasteiger charge is -2.07. The summed E-state index contributed by atoms with van der Waals surface area (Å²) in [6, 6.07) is 7.78. The molecule has 0 bridgehead atoms. The monoisotopic (exact) mass is 328 g/mol. The molecule has 0 saturated heterocycles. The molecule has 0 aliphatic carbocycles. The number of carbonyl (C=O) groups is 1. The summed E-state index contributed by atoms with van der Waals surface area (Å²) in [6.45, 7) is 0.0749. The minimum Gasteiger partial charge on any atom is -0.481 e. The van der Waals surface area contributed by atoms with E-state index in [2.05, 4.69) is 9.71 Å². The Labute approximate surface area is 126 Å². The molecule has 0 aliphatic heterocycles. The summed E-state index contributed by atoms with van der Waals surface area (Å²) in [5.41, 5.74) is 0.604. The Morgan fingerprint density at radius 1 is 1.29 bits per heavy atom. The van der Waals surface area contributed by atoms with Gasteiger partial charge in [0.25, 0.3) is 0 Å². The topological polar surface area (TPSA) is 96.4 Å². The van der Waals surface area contributed by atoms with Gasteiger partial charge < -0.3 is 5.11 Å². The summed E-state index contributed by atoms with van der Waals surface area (Å²) < 4.78 is 26.5. The van der Waals surface area contributed by atoms with Gasteiger partial charge in [-0.05, 0) is 36.8 Å². The highest BCUT2D eigenvalue weighted by molar-refractivity contribution is 7.89. The van der Waals surface area contributed by atoms with E-state index in [1.807, 2.05) is 0 Å². The van der Waals surface area contributed by atoms with Gasteiger partial charge in [-0.25, -0.2) is 18.1 Å². The van der Waals surface area contributed by atoms with Crippen molar-refractivity contribution < 1.29 is 18.3 Å². The Bertz CT molecular complexity index is 777. The number of carboxylic acid groups (broad SMARTS) is 1. The number of benzene rings is 1. The average Bonchev–Trinajstić information content (AvgIpc) is 2.43. The molecule has 0 saturated carbocycles. The van der Waals surface area contributed by atoms with Crippen molar-refractivity contribution in [3.8, 4) is 0 Å². The van der Waals surface area contributed by atoms with Gasteiger partial charge in [-0.3, -0.25) is 4.79 Å². The molecule has 1 aromatic carbocycles. The maximum absolute atomic E-state index is 12.1. The zero-order valence-electron chi connectivity index (χ0n) is 10.9. The molecular weight excluding hydrogens is 316 g/mol. The van der Waals surface area contributed by atoms with E-state index in [-0.39, 0.29) is 24.3 Å². The Hall–Kier alpha value is -1.70. The first-order valence-corrected chi connectivity index (χ1v) is 8.02. The summed E-state index contributed by atoms with van der Waals surface area (Å²) in [5.74, 6) is -0.956. The molecule has 2 N–H and O–H groups in total. The fourth-order valence-corrected chi connectivity index (χ4v) is 3.04. The van der Waals surface area contributed by atoms with E-state index >= 15 is 0 Å². The standard InChI is InChI=1S/C13H13ClN2O4S/c14-12-6-3-9-8-10(4-5-11(9)16-12)21(19,20)15-7-1-2-13(17)18/h3-6,8,15H,1-2,7H2,(H,17,18). The summed E-state index contributed by atoms with van der Waals surface area (Å²) in [6.07, 6.45) is 0.155. The van der Waals surface area contributed by atoms with Crippen LogP contribution in [0.2, 0.25) is 5.15 Å². The third-order valence-corrected chi connectivity index (χ3v) is 4.47. The Morgan fingerprint density at radius 2 is 2.05 bits per heavy atom. The van der Waals surface area contributed by atoms with Crippen molar-refractivity contribution in [3.63, 3.8) is 0 Å². The fourth-order valence-electron chi connectivity index (χ4n) is 1.78. The number of nitrogens with zero attached hydrogens (tertiary/aromatic N) is 1. The van der Waals surface area contributed by atoms with Crippen molar-refractivity contribution >= 4 is 38.5 Å². The predicted molar refractivity (Wildman–Crippen MR) is 78.8 cm³/mol. The van der Waals surface area contributed by atoms with Crippen molar-refractivity contribution in [2.24, 2.45) is 0 Å². The van der Waals surface area contributed by atoms with Crippen molar-refractivity contribution in [2.45, 2.75) is 17.7 Å². The second-order valence-corrected chi connectivity index (χ2v) is 6.54. The smallest absolute Gasteiger partial charge is 0.303 e. The van der Waals surface area contributed by atoms with Gasteiger partial charge in [0, 0.05) is 18.4 Å². The minimum atomic E-state index is -3.66. The van der Waals surface area contributed by atoms with E-state index in [9.17, 15) is 13.2 Å². The van der Waals surface area contributed by atoms with Crippen LogP contribution in [0.1, 0.15) is 12.8 Å². The molecule has 2 aromatic rings. The number of fused-ring (bicyclic) bond motifs is 1. The predicted octanol–water partition coefficient (Wildman–Crippen LogP) is 2.03. The molecule has 1 heterocycles. The zero-order valence-corrected chi connectivity index (χ0v) is 12.5. The van der Waals surface area contributed by atoms with Gasteiger partial charge in [-0.2, -0.15) is 0 Å². The van der Waals surface area contributed by atoms with Crippen LogP contribution in [0.4, 0.5) is 0 Å². The van der Waals surface area contributed by atoms with Crippen LogP contribution in [-0.4, -0.2) is 31.0 Å². The third kappa shape index (κ3) is 4.13. The molecule has 8 heteroatoms. The van der Waals surface area contributed by atoms with E-state index in [1.54, 1.807) is 18.2 Å². The van der Waals surface area contributed by atoms with E-state index in [0.717, 1.165) is 0 Å². The molecule has 0 unspecified atom stereocenters. The quantitative estimate of drug-likeness (QED) is 0.624. The van der Waals surface area contributed by atoms with Crippen molar-refractivity contribution in [2.75, 3.05) is 6.54 Å². The number of carboxylic acids is 1. The summed E-state index contributed by atoms with van der Waals surface area (Å²) in [4.78, 5) is 14.6. The van der Waals surface area contributed by atoms with E-state index in [0.29, 0.717) is 16.1 Å². The van der Waals surface area contributed by atoms with Gasteiger partial charge in [0.15, 0.2) is 0 Å². The van der Waals surface area contributed by atoms with Crippen LogP contribution in [0, 0.1) is 0 Å². The number of sulfonamides is 1. The number of hydrogen-bond donors (Lipinski definition) is 2. The third-order valence-electron chi connectivity index (χ3n) is 2.80. The number of aromatic nitrogens is 1. The largest absolute Gasteiger partial charge is 0.481 e. The number of hydrogen-bond acceptors (Lipinski definition) is 4. The highest BCUT2D eigenvalue weighted by atomic mass is 35.5. The van der Waals surface area contributed by atoms with Crippen LogP contribution in [-0.2, 0) is 14.8 Å². The number of rotatable bonds is 6. The normalized spacial score (nSPS) is 11.7. The number of pyridine rings is 1. The lowest BCUT2D eigenvalue weighted by Crippen LogP contribution is -2.25. The fraction of sp³-hybridized carbons (Fsp3) is 0.231. The maximum atomic E-state index is 12.1. The zero-order chi connectivity index (χ0) is 15.5. The Morgan fingerprint density at radius 3 is 2.76 bits per heavy atom. The second-order valence-electron chi connectivity index (χ2n) is 4.38. The lowest BCUT2D eigenvalue weighted by molar-refractivity contribution is -0.137. The Kier molecular flexibility index (Phi) is 4.76. The maximum Gasteiger partial charge on any atom is 0.303 e. The molecule has 1 aromatic heterocycles. The SMILES string of the molecule is O=C(O)CCCNS(=O)(=O)c1ccc2nc(Cl)ccc2c1. The van der Waals surface area contributed by atoms with Crippen LogP contribution in [0.15, 0.2) is 35.2 Å². The van der Waals surface area contributed by atoms with Crippen LogP contribution < -0.4 is 4.72 Å². The second kappa shape index (κ2) is 6.38. The molecule has 0 amide bonds. The molecule has 2 rings (SSSR count). The minimum absolute atomic E-state index is 0.0749. The molecule has 112 valence electrons. The van der Waals surface area contributed by atoms with Gasteiger partial charge in [0.1, 0.15) is 5.15 Å². The number of halogens is 1. The Balaban J connectivity index is 2.16. The van der Waals surface area contributed by atoms with Gasteiger partial charge in [-0.15, -0.1) is 0 Å². The molecule has 0 spiro atoms. The molecule has 6 nitrogen and oxygen atoms in total. The highest BCUT2D eigenvalue weighted by Gasteiger charge is 2.14. The first-order chi connectivity index (χ1) is 9.88. The molecule has 21 heavy (non-hydrogen) atoms. The molecule has 0 fully saturated rings. The van der Waals surface area contributed by atoms with Crippen molar-refractivity contribution in [1.29, 1.82) is 0 Å². The molecular formula is C13H13ClN2O4S. The van der Waals surface area contributed by atoms with Gasteiger partial charge in [-0.1, -0.05) is 11.6 Å². The van der Waals surface area contributed by atoms with E-state index < -0.39 is 16.0 Å². The first kappa shape index (κ1) is 15.7. The van der Waals surface area contributed by atoms with Crippen LogP contribution in [0.5, 0.6) is 0 Å². The summed E-state index contributed by atoms with van der Waals surface area (Å²) in [7, 11) is -3.66. The van der Waals surface area contributed by atoms with Crippen LogP contribution >= 0.6 is 11.6 Å². The van der Waals surface area contributed by atoms with Crippen molar-refractivity contribution in [3.05, 3.63) is 35.5 Å². The van der Waals surface area contributed by atoms with Crippen LogP contribution in [0.25, 0.3) is 10.9 Å². The van der Waals surface area contributed by atoms with E-state index in [4.69, 9.17) is 16.7 Å². The van der Waals surface area contributed by atoms with E-state index in [1.165, 1.54) is 12.1 Å². The number of aliphatic carboxylic acids is 1. The van der Waals surface area contributed by atoms with Gasteiger partial charge in [0.05, 0.1) is 10.4 Å². The number of nitrogens with one attached hydrogen (secondary N) is 1. The highest BCUT2D eigenvalue weighted by Crippen LogP contribution is 2.19. The van der Waals surface area contributed by atoms with Gasteiger partial charge >= 0.3 is 5.97 Å². The van der Waals surface area contributed by atoms with Gasteiger partial charge in [0.2, 0.25) is 10.0 Å². The molecule has 0 radical (unpaired) electrons. The average molecular weight is 329 g/mol. The van der Waals surface area contributed by atoms with Crippen LogP contribution in [0.3, 0.4) is 0 Å². The lowest BCUT2D eigenvalue weighted by atomic mass is 10.2. The summed E-state index contributed by atoms with van der Waals surface area (Å²) in [5, 5.41) is 9.50.